The zero-order valence-corrected chi connectivity index (χ0v) is 27.7. The number of hydrogen-bond acceptors (Lipinski definition) is 7. The van der Waals surface area contributed by atoms with Crippen molar-refractivity contribution < 1.29 is 14.7 Å². The maximum absolute atomic E-state index is 12.0. The van der Waals surface area contributed by atoms with Gasteiger partial charge in [0.15, 0.2) is 0 Å². The van der Waals surface area contributed by atoms with Crippen LogP contribution in [0.25, 0.3) is 18.2 Å². The van der Waals surface area contributed by atoms with E-state index >= 15 is 0 Å². The minimum atomic E-state index is -1.45. The molecule has 4 aliphatic rings. The molecule has 43 heavy (non-hydrogen) atoms. The Hall–Kier alpha value is -3.60. The van der Waals surface area contributed by atoms with Crippen LogP contribution in [-0.2, 0) is 16.2 Å². The molecule has 0 fully saturated rings. The molecule has 5 rings (SSSR count). The van der Waals surface area contributed by atoms with Gasteiger partial charge < -0.3 is 15.4 Å². The fourth-order valence-corrected chi connectivity index (χ4v) is 5.43. The molecule has 5 heterocycles. The second-order valence-corrected chi connectivity index (χ2v) is 10.7. The van der Waals surface area contributed by atoms with Crippen molar-refractivity contribution in [2.24, 2.45) is 20.7 Å². The number of nitrogens with zero attached hydrogens (tertiary/aromatic N) is 4. The van der Waals surface area contributed by atoms with E-state index in [1.165, 1.54) is 0 Å². The van der Waals surface area contributed by atoms with Crippen LogP contribution in [0.5, 0.6) is 0 Å². The smallest absolute Gasteiger partial charge is 0.219 e. The minimum absolute atomic E-state index is 0. The number of nitrogens with one attached hydrogen (secondary N) is 1. The first kappa shape index (κ1) is 32.3. The number of aliphatic hydroxyl groups is 1. The third kappa shape index (κ3) is 6.37. The molecule has 1 aromatic rings. The van der Waals surface area contributed by atoms with Crippen LogP contribution in [-0.4, -0.2) is 74.5 Å². The zero-order chi connectivity index (χ0) is 30.2. The number of primary amides is 1. The Balaban J connectivity index is 0.00000423. The molecule has 0 aliphatic carbocycles. The van der Waals surface area contributed by atoms with Gasteiger partial charge in [0.1, 0.15) is 5.60 Å². The Morgan fingerprint density at radius 1 is 1.09 bits per heavy atom. The summed E-state index contributed by atoms with van der Waals surface area (Å²) in [5, 5.41) is 13.6. The van der Waals surface area contributed by atoms with Gasteiger partial charge in [-0.15, -0.1) is 0 Å². The van der Waals surface area contributed by atoms with Gasteiger partial charge in [0, 0.05) is 65.2 Å². The topological polar surface area (TPSA) is 127 Å². The molecule has 4 N–H and O–H groups in total. The van der Waals surface area contributed by atoms with E-state index < -0.39 is 11.5 Å². The van der Waals surface area contributed by atoms with E-state index in [9.17, 15) is 9.90 Å². The van der Waals surface area contributed by atoms with Crippen molar-refractivity contribution in [3.05, 3.63) is 98.8 Å². The summed E-state index contributed by atoms with van der Waals surface area (Å²) in [4.78, 5) is 31.8. The maximum atomic E-state index is 12.0. The summed E-state index contributed by atoms with van der Waals surface area (Å²) < 4.78 is 2.03. The molecule has 0 spiro atoms. The van der Waals surface area contributed by atoms with Crippen LogP contribution >= 0.6 is 0 Å². The molecular weight excluding hydrogens is 551 g/mol. The van der Waals surface area contributed by atoms with Gasteiger partial charge >= 0.3 is 0 Å². The largest absolute Gasteiger partial charge is 0.379 e. The van der Waals surface area contributed by atoms with Crippen LogP contribution in [0.1, 0.15) is 45.2 Å². The zero-order valence-electron chi connectivity index (χ0n) is 25.7. The summed E-state index contributed by atoms with van der Waals surface area (Å²) in [5.41, 5.74) is 15.5. The first-order chi connectivity index (χ1) is 20.0. The number of hydrogen-bond donors (Lipinski definition) is 3. The molecule has 1 radical (unpaired) electrons. The van der Waals surface area contributed by atoms with Gasteiger partial charge in [-0.25, -0.2) is 15.0 Å². The van der Waals surface area contributed by atoms with Crippen molar-refractivity contribution >= 4 is 70.8 Å². The van der Waals surface area contributed by atoms with E-state index in [-0.39, 0.29) is 36.0 Å². The van der Waals surface area contributed by atoms with Gasteiger partial charge in [0.25, 0.3) is 0 Å². The summed E-state index contributed by atoms with van der Waals surface area (Å²) in [6, 6.07) is 0. The van der Waals surface area contributed by atoms with E-state index in [0.717, 1.165) is 55.8 Å². The summed E-state index contributed by atoms with van der Waals surface area (Å²) in [6.07, 6.45) is 17.1. The molecule has 10 heteroatoms. The fourth-order valence-electron chi connectivity index (χ4n) is 5.43. The third-order valence-corrected chi connectivity index (χ3v) is 7.67. The molecule has 1 unspecified atom stereocenters. The summed E-state index contributed by atoms with van der Waals surface area (Å²) >= 11 is 0. The van der Waals surface area contributed by atoms with Crippen LogP contribution in [0.15, 0.2) is 91.9 Å². The van der Waals surface area contributed by atoms with E-state index in [2.05, 4.69) is 12.1 Å². The molecule has 0 saturated carbocycles. The molecular formula is C33H36N6NaO3. The van der Waals surface area contributed by atoms with Crippen LogP contribution in [0, 0.1) is 6.92 Å². The number of aliphatic imine (C=N–C) groups is 3. The molecule has 0 aromatic carbocycles. The van der Waals surface area contributed by atoms with Crippen molar-refractivity contribution in [3.63, 3.8) is 0 Å². The molecule has 9 nitrogen and oxygen atoms in total. The van der Waals surface area contributed by atoms with Crippen molar-refractivity contribution in [1.29, 1.82) is 0 Å². The Bertz CT molecular complexity index is 1810. The van der Waals surface area contributed by atoms with Crippen molar-refractivity contribution in [3.8, 4) is 0 Å². The molecule has 1 amide bonds. The monoisotopic (exact) mass is 587 g/mol. The Morgan fingerprint density at radius 2 is 1.86 bits per heavy atom. The molecule has 4 aliphatic heterocycles. The molecule has 217 valence electrons. The Labute approximate surface area is 273 Å². The Kier molecular flexibility index (Phi) is 9.73. The normalized spacial score (nSPS) is 20.7. The second kappa shape index (κ2) is 13.0. The maximum Gasteiger partial charge on any atom is 0.219 e. The van der Waals surface area contributed by atoms with Gasteiger partial charge in [0.05, 0.1) is 46.2 Å². The SMILES string of the molecule is C=Cc1c(C)c2n(CCC(N)=O)c1=CC1=NC(=C(C=CNOCC)C1(C)O)C=C1N=C(C=C3C=C(C)C(=N3)C=2)C=C1C.[Na]. The van der Waals surface area contributed by atoms with E-state index in [1.54, 1.807) is 25.3 Å². The first-order valence-corrected chi connectivity index (χ1v) is 13.9. The fraction of sp³-hybridized carbons (Fsp3) is 0.273. The number of rotatable bonds is 8. The predicted octanol–water partition coefficient (Wildman–Crippen LogP) is 2.59. The number of aromatic nitrogens is 1. The van der Waals surface area contributed by atoms with Crippen LogP contribution in [0.2, 0.25) is 0 Å². The number of fused-ring (bicyclic) bond motifs is 5. The van der Waals surface area contributed by atoms with Crippen LogP contribution < -0.4 is 21.9 Å². The molecule has 1 aromatic heterocycles. The molecule has 0 saturated heterocycles. The second-order valence-electron chi connectivity index (χ2n) is 10.7. The van der Waals surface area contributed by atoms with Gasteiger partial charge in [-0.05, 0) is 93.9 Å². The number of allylic oxidation sites excluding steroid dienone is 6. The summed E-state index contributed by atoms with van der Waals surface area (Å²) in [5.74, 6) is -0.408. The van der Waals surface area contributed by atoms with E-state index in [0.29, 0.717) is 30.1 Å². The summed E-state index contributed by atoms with van der Waals surface area (Å²) in [6.45, 7) is 14.5. The van der Waals surface area contributed by atoms with Crippen molar-refractivity contribution in [2.75, 3.05) is 6.61 Å². The number of nitrogens with two attached hydrogens (primary N) is 1. The predicted molar refractivity (Wildman–Crippen MR) is 175 cm³/mol. The minimum Gasteiger partial charge on any atom is -0.379 e. The van der Waals surface area contributed by atoms with Gasteiger partial charge in [-0.1, -0.05) is 12.7 Å². The van der Waals surface area contributed by atoms with E-state index in [1.807, 2.05) is 68.7 Å². The Morgan fingerprint density at radius 3 is 2.56 bits per heavy atom. The van der Waals surface area contributed by atoms with Crippen LogP contribution in [0.4, 0.5) is 0 Å². The van der Waals surface area contributed by atoms with Crippen molar-refractivity contribution in [2.45, 2.75) is 53.2 Å². The number of carbonyl (C=O) groups excluding carboxylic acids is 1. The molecule has 8 bridgehead atoms. The van der Waals surface area contributed by atoms with E-state index in [4.69, 9.17) is 25.5 Å². The standard InChI is InChI=1S/C33H36N6O3.Na/c1-7-24-21(5)29-17-27-20(4)14-23(37-27)15-22-13-19(3)26(36-22)16-28-25(9-11-35-42-8-2)33(6,41)31(38-28)18-30(24)39(29)12-10-32(34)40;/h7,9,11,13-18,35,41H,1,8,10,12H2,2-6H3,(H2,34,40);. The molecule has 1 atom stereocenters. The van der Waals surface area contributed by atoms with Crippen LogP contribution in [0.3, 0.4) is 0 Å². The number of amides is 1. The van der Waals surface area contributed by atoms with Crippen molar-refractivity contribution in [1.82, 2.24) is 10.0 Å². The first-order valence-electron chi connectivity index (χ1n) is 13.9. The quantitative estimate of drug-likeness (QED) is 0.246. The number of carbonyl (C=O) groups is 1. The average Bonchev–Trinajstić information content (AvgIpc) is 3.59. The van der Waals surface area contributed by atoms with Gasteiger partial charge in [0.2, 0.25) is 5.91 Å². The average molecular weight is 588 g/mol. The third-order valence-electron chi connectivity index (χ3n) is 7.67. The number of hydroxylamine groups is 1. The van der Waals surface area contributed by atoms with Gasteiger partial charge in [-0.2, -0.15) is 0 Å². The van der Waals surface area contributed by atoms with Gasteiger partial charge in [-0.3, -0.25) is 15.1 Å². The summed E-state index contributed by atoms with van der Waals surface area (Å²) in [7, 11) is 0.